The number of unbranched alkanes of at least 4 members (excludes halogenated alkanes) is 21. The van der Waals surface area contributed by atoms with Gasteiger partial charge in [0.1, 0.15) is 0 Å². The minimum absolute atomic E-state index is 0.0823. The molecule has 0 rings (SSSR count). The number of carbonyl (C=O) groups is 1. The molecule has 0 spiro atoms. The zero-order valence-corrected chi connectivity index (χ0v) is 28.0. The van der Waals surface area contributed by atoms with Gasteiger partial charge in [0.05, 0.1) is 18.8 Å². The summed E-state index contributed by atoms with van der Waals surface area (Å²) in [4.78, 5) is 12.3. The summed E-state index contributed by atoms with van der Waals surface area (Å²) in [5.41, 5.74) is 0. The summed E-state index contributed by atoms with van der Waals surface area (Å²) < 4.78 is 0. The molecule has 0 fully saturated rings. The number of allylic oxidation sites excluding steroid dienone is 5. The van der Waals surface area contributed by atoms with Gasteiger partial charge >= 0.3 is 0 Å². The van der Waals surface area contributed by atoms with Crippen molar-refractivity contribution in [3.63, 3.8) is 0 Å². The lowest BCUT2D eigenvalue weighted by atomic mass is 10.1. The van der Waals surface area contributed by atoms with Crippen LogP contribution in [0.25, 0.3) is 0 Å². The van der Waals surface area contributed by atoms with Crippen LogP contribution in [0.15, 0.2) is 36.5 Å². The van der Waals surface area contributed by atoms with Crippen molar-refractivity contribution in [3.05, 3.63) is 36.5 Å². The van der Waals surface area contributed by atoms with Crippen LogP contribution in [0, 0.1) is 0 Å². The second-order valence-electron chi connectivity index (χ2n) is 12.3. The van der Waals surface area contributed by atoms with E-state index in [2.05, 4.69) is 43.5 Å². The summed E-state index contributed by atoms with van der Waals surface area (Å²) in [5.74, 6) is -0.0823. The van der Waals surface area contributed by atoms with Crippen LogP contribution < -0.4 is 5.32 Å². The average Bonchev–Trinajstić information content (AvgIpc) is 2.99. The fourth-order valence-corrected chi connectivity index (χ4v) is 5.25. The monoisotopic (exact) mass is 590 g/mol. The van der Waals surface area contributed by atoms with Gasteiger partial charge in [0.25, 0.3) is 0 Å². The van der Waals surface area contributed by atoms with Gasteiger partial charge in [-0.25, -0.2) is 0 Å². The van der Waals surface area contributed by atoms with Gasteiger partial charge in [-0.05, 0) is 57.8 Å². The third-order valence-electron chi connectivity index (χ3n) is 8.10. The van der Waals surface area contributed by atoms with E-state index in [9.17, 15) is 15.0 Å². The molecule has 3 N–H and O–H groups in total. The fraction of sp³-hybridized carbons (Fsp3) is 0.816. The van der Waals surface area contributed by atoms with Crippen LogP contribution >= 0.6 is 0 Å². The minimum atomic E-state index is -0.859. The normalized spacial score (nSPS) is 13.5. The van der Waals surface area contributed by atoms with Gasteiger partial charge in [-0.1, -0.05) is 153 Å². The van der Waals surface area contributed by atoms with Crippen molar-refractivity contribution in [2.24, 2.45) is 0 Å². The van der Waals surface area contributed by atoms with Crippen molar-refractivity contribution in [1.82, 2.24) is 5.32 Å². The van der Waals surface area contributed by atoms with Gasteiger partial charge in [0.15, 0.2) is 0 Å². The first-order valence-corrected chi connectivity index (χ1v) is 18.2. The number of aliphatic hydroxyl groups is 2. The predicted molar refractivity (Wildman–Crippen MR) is 184 cm³/mol. The Labute approximate surface area is 261 Å². The lowest BCUT2D eigenvalue weighted by molar-refractivity contribution is -0.123. The molecule has 2 unspecified atom stereocenters. The molecule has 42 heavy (non-hydrogen) atoms. The Kier molecular flexibility index (Phi) is 33.0. The van der Waals surface area contributed by atoms with Crippen LogP contribution in [-0.4, -0.2) is 34.9 Å². The van der Waals surface area contributed by atoms with E-state index in [1.54, 1.807) is 6.08 Å². The van der Waals surface area contributed by atoms with Crippen molar-refractivity contribution in [3.8, 4) is 0 Å². The molecular formula is C38H71NO3. The topological polar surface area (TPSA) is 69.6 Å². The lowest BCUT2D eigenvalue weighted by Crippen LogP contribution is -2.45. The highest BCUT2D eigenvalue weighted by molar-refractivity contribution is 5.76. The third kappa shape index (κ3) is 30.1. The van der Waals surface area contributed by atoms with Gasteiger partial charge in [0.2, 0.25) is 5.91 Å². The molecular weight excluding hydrogens is 518 g/mol. The number of amides is 1. The molecule has 246 valence electrons. The molecule has 0 aliphatic carbocycles. The maximum atomic E-state index is 12.3. The maximum Gasteiger partial charge on any atom is 0.220 e. The van der Waals surface area contributed by atoms with Crippen LogP contribution in [0.5, 0.6) is 0 Å². The van der Waals surface area contributed by atoms with Crippen molar-refractivity contribution < 1.29 is 15.0 Å². The Morgan fingerprint density at radius 1 is 0.548 bits per heavy atom. The van der Waals surface area contributed by atoms with Gasteiger partial charge in [-0.2, -0.15) is 0 Å². The molecule has 0 aromatic carbocycles. The Morgan fingerprint density at radius 2 is 0.929 bits per heavy atom. The second-order valence-corrected chi connectivity index (χ2v) is 12.3. The number of carbonyl (C=O) groups excluding carboxylic acids is 1. The number of hydrogen-bond donors (Lipinski definition) is 3. The first-order valence-electron chi connectivity index (χ1n) is 18.2. The standard InChI is InChI=1S/C38H71NO3/c1-3-5-7-9-11-13-14-15-16-17-18-19-20-21-22-23-24-26-28-30-32-34-38(42)39-36(35-40)37(41)33-31-29-27-25-12-10-8-6-4-2/h12,19-20,25,31,33,36-37,40-41H,3-11,13-18,21-24,26-30,32,34-35H2,1-2H3,(H,39,42)/b20-19-,25-12+,33-31+. The maximum absolute atomic E-state index is 12.3. The molecule has 0 aromatic rings. The molecule has 4 nitrogen and oxygen atoms in total. The van der Waals surface area contributed by atoms with Gasteiger partial charge in [0, 0.05) is 6.42 Å². The number of rotatable bonds is 32. The van der Waals surface area contributed by atoms with Gasteiger partial charge in [-0.15, -0.1) is 0 Å². The SMILES string of the molecule is CCCCC/C=C/CC/C=C/C(O)C(CO)NC(=O)CCCCCCCCC/C=C\CCCCCCCCCCCC. The van der Waals surface area contributed by atoms with Crippen LogP contribution in [-0.2, 0) is 4.79 Å². The highest BCUT2D eigenvalue weighted by atomic mass is 16.3. The van der Waals surface area contributed by atoms with Crippen molar-refractivity contribution in [2.45, 2.75) is 193 Å². The van der Waals surface area contributed by atoms with Crippen molar-refractivity contribution in [2.75, 3.05) is 6.61 Å². The molecule has 0 aliphatic rings. The lowest BCUT2D eigenvalue weighted by Gasteiger charge is -2.19. The fourth-order valence-electron chi connectivity index (χ4n) is 5.25. The summed E-state index contributed by atoms with van der Waals surface area (Å²) in [5, 5.41) is 22.7. The van der Waals surface area contributed by atoms with Crippen LogP contribution in [0.2, 0.25) is 0 Å². The summed E-state index contributed by atoms with van der Waals surface area (Å²) >= 11 is 0. The Hall–Kier alpha value is -1.39. The van der Waals surface area contributed by atoms with Crippen molar-refractivity contribution in [1.29, 1.82) is 0 Å². The van der Waals surface area contributed by atoms with E-state index < -0.39 is 12.1 Å². The largest absolute Gasteiger partial charge is 0.394 e. The Bertz CT molecular complexity index is 642. The van der Waals surface area contributed by atoms with E-state index >= 15 is 0 Å². The zero-order chi connectivity index (χ0) is 30.8. The van der Waals surface area contributed by atoms with Crippen LogP contribution in [0.4, 0.5) is 0 Å². The van der Waals surface area contributed by atoms with E-state index in [0.29, 0.717) is 6.42 Å². The quantitative estimate of drug-likeness (QED) is 0.0540. The number of nitrogens with one attached hydrogen (secondary N) is 1. The van der Waals surface area contributed by atoms with Crippen molar-refractivity contribution >= 4 is 5.91 Å². The summed E-state index contributed by atoms with van der Waals surface area (Å²) in [6.07, 6.45) is 43.8. The molecule has 0 bridgehead atoms. The summed E-state index contributed by atoms with van der Waals surface area (Å²) in [6, 6.07) is -0.637. The minimum Gasteiger partial charge on any atom is -0.394 e. The molecule has 2 atom stereocenters. The Balaban J connectivity index is 3.58. The smallest absolute Gasteiger partial charge is 0.220 e. The van der Waals surface area contributed by atoms with E-state index in [-0.39, 0.29) is 12.5 Å². The first-order chi connectivity index (χ1) is 20.7. The highest BCUT2D eigenvalue weighted by Gasteiger charge is 2.17. The molecule has 0 heterocycles. The molecule has 0 radical (unpaired) electrons. The third-order valence-corrected chi connectivity index (χ3v) is 8.10. The number of hydrogen-bond acceptors (Lipinski definition) is 3. The van der Waals surface area contributed by atoms with E-state index in [4.69, 9.17) is 0 Å². The van der Waals surface area contributed by atoms with E-state index in [0.717, 1.165) is 32.1 Å². The van der Waals surface area contributed by atoms with E-state index in [1.807, 2.05) is 6.08 Å². The first kappa shape index (κ1) is 40.6. The second kappa shape index (κ2) is 34.1. The highest BCUT2D eigenvalue weighted by Crippen LogP contribution is 2.13. The average molecular weight is 590 g/mol. The molecule has 0 saturated carbocycles. The molecule has 0 aromatic heterocycles. The molecule has 4 heteroatoms. The number of aliphatic hydroxyl groups excluding tert-OH is 2. The van der Waals surface area contributed by atoms with Gasteiger partial charge < -0.3 is 15.5 Å². The van der Waals surface area contributed by atoms with Gasteiger partial charge in [-0.3, -0.25) is 4.79 Å². The molecule has 0 aliphatic heterocycles. The van der Waals surface area contributed by atoms with E-state index in [1.165, 1.54) is 128 Å². The summed E-state index contributed by atoms with van der Waals surface area (Å²) in [7, 11) is 0. The van der Waals surface area contributed by atoms with Crippen LogP contribution in [0.1, 0.15) is 181 Å². The Morgan fingerprint density at radius 3 is 1.43 bits per heavy atom. The van der Waals surface area contributed by atoms with Crippen LogP contribution in [0.3, 0.4) is 0 Å². The summed E-state index contributed by atoms with van der Waals surface area (Å²) in [6.45, 7) is 4.23. The molecule has 0 saturated heterocycles. The zero-order valence-electron chi connectivity index (χ0n) is 28.0. The molecule has 1 amide bonds. The predicted octanol–water partition coefficient (Wildman–Crippen LogP) is 10.7.